The number of likely N-dealkylation sites (tertiary alicyclic amines) is 1. The van der Waals surface area contributed by atoms with Crippen LogP contribution in [0.4, 0.5) is 4.39 Å². The van der Waals surface area contributed by atoms with Gasteiger partial charge in [0.05, 0.1) is 0 Å². The number of nitrogens with zero attached hydrogens (tertiary/aromatic N) is 1. The third kappa shape index (κ3) is 2.75. The molecule has 2 atom stereocenters. The van der Waals surface area contributed by atoms with E-state index in [1.165, 1.54) is 25.1 Å². The first-order valence-electron chi connectivity index (χ1n) is 7.90. The van der Waals surface area contributed by atoms with E-state index in [1.54, 1.807) is 6.07 Å². The average Bonchev–Trinajstić information content (AvgIpc) is 3.03. The lowest BCUT2D eigenvalue weighted by Crippen LogP contribution is -2.31. The van der Waals surface area contributed by atoms with E-state index in [0.29, 0.717) is 12.1 Å². The summed E-state index contributed by atoms with van der Waals surface area (Å²) in [7, 11) is 0. The third-order valence-electron chi connectivity index (χ3n) is 4.91. The molecule has 1 heterocycles. The summed E-state index contributed by atoms with van der Waals surface area (Å²) in [6.07, 6.45) is 3.20. The van der Waals surface area contributed by atoms with Crippen LogP contribution in [-0.2, 0) is 6.42 Å². The zero-order valence-corrected chi connectivity index (χ0v) is 12.5. The molecule has 110 valence electrons. The standard InChI is InChI=1S/C17H25FN2/c1-12(2)20-9-8-13(11-20)10-19-17-7-6-14-15(17)4-3-5-16(14)18/h3-5,12-13,17,19H,6-11H2,1-2H3. The van der Waals surface area contributed by atoms with E-state index in [1.807, 2.05) is 6.07 Å². The summed E-state index contributed by atoms with van der Waals surface area (Å²) in [5.41, 5.74) is 2.11. The highest BCUT2D eigenvalue weighted by molar-refractivity contribution is 5.35. The van der Waals surface area contributed by atoms with Crippen molar-refractivity contribution in [3.05, 3.63) is 35.1 Å². The average molecular weight is 276 g/mol. The van der Waals surface area contributed by atoms with Crippen molar-refractivity contribution in [2.45, 2.75) is 45.2 Å². The molecule has 1 aliphatic carbocycles. The Morgan fingerprint density at radius 3 is 2.95 bits per heavy atom. The second kappa shape index (κ2) is 5.82. The summed E-state index contributed by atoms with van der Waals surface area (Å²) in [6.45, 7) is 8.02. The number of hydrogen-bond acceptors (Lipinski definition) is 2. The molecule has 0 radical (unpaired) electrons. The Hall–Kier alpha value is -0.930. The molecule has 3 rings (SSSR count). The van der Waals surface area contributed by atoms with Gasteiger partial charge in [0, 0.05) is 18.6 Å². The number of nitrogens with one attached hydrogen (secondary N) is 1. The summed E-state index contributed by atoms with van der Waals surface area (Å²) in [5.74, 6) is 0.716. The lowest BCUT2D eigenvalue weighted by molar-refractivity contribution is 0.262. The molecular weight excluding hydrogens is 251 g/mol. The predicted octanol–water partition coefficient (Wildman–Crippen LogP) is 3.13. The Balaban J connectivity index is 1.55. The molecule has 0 saturated carbocycles. The Bertz CT molecular complexity index is 472. The van der Waals surface area contributed by atoms with E-state index in [2.05, 4.69) is 30.1 Å². The van der Waals surface area contributed by atoms with Crippen LogP contribution in [0, 0.1) is 11.7 Å². The van der Waals surface area contributed by atoms with Crippen LogP contribution in [0.25, 0.3) is 0 Å². The van der Waals surface area contributed by atoms with E-state index >= 15 is 0 Å². The molecule has 1 aromatic carbocycles. The minimum Gasteiger partial charge on any atom is -0.310 e. The molecule has 20 heavy (non-hydrogen) atoms. The Morgan fingerprint density at radius 1 is 1.35 bits per heavy atom. The van der Waals surface area contributed by atoms with Crippen molar-refractivity contribution < 1.29 is 4.39 Å². The molecule has 1 aromatic rings. The van der Waals surface area contributed by atoms with Crippen LogP contribution in [-0.4, -0.2) is 30.6 Å². The molecule has 2 aliphatic rings. The van der Waals surface area contributed by atoms with Crippen LogP contribution in [0.2, 0.25) is 0 Å². The van der Waals surface area contributed by atoms with Gasteiger partial charge >= 0.3 is 0 Å². The van der Waals surface area contributed by atoms with Crippen LogP contribution < -0.4 is 5.32 Å². The largest absolute Gasteiger partial charge is 0.310 e. The van der Waals surface area contributed by atoms with Crippen LogP contribution in [0.15, 0.2) is 18.2 Å². The molecule has 1 saturated heterocycles. The van der Waals surface area contributed by atoms with Gasteiger partial charge in [-0.3, -0.25) is 0 Å². The second-order valence-electron chi connectivity index (χ2n) is 6.55. The van der Waals surface area contributed by atoms with Crippen molar-refractivity contribution in [2.75, 3.05) is 19.6 Å². The van der Waals surface area contributed by atoms with Gasteiger partial charge in [-0.1, -0.05) is 12.1 Å². The number of benzene rings is 1. The van der Waals surface area contributed by atoms with E-state index in [-0.39, 0.29) is 5.82 Å². The quantitative estimate of drug-likeness (QED) is 0.909. The van der Waals surface area contributed by atoms with Crippen LogP contribution in [0.3, 0.4) is 0 Å². The Labute approximate surface area is 121 Å². The topological polar surface area (TPSA) is 15.3 Å². The van der Waals surface area contributed by atoms with Gasteiger partial charge in [0.1, 0.15) is 5.82 Å². The molecule has 3 heteroatoms. The van der Waals surface area contributed by atoms with Gasteiger partial charge in [-0.15, -0.1) is 0 Å². The smallest absolute Gasteiger partial charge is 0.126 e. The van der Waals surface area contributed by atoms with E-state index < -0.39 is 0 Å². The molecule has 0 amide bonds. The lowest BCUT2D eigenvalue weighted by Gasteiger charge is -2.21. The van der Waals surface area contributed by atoms with Gasteiger partial charge < -0.3 is 10.2 Å². The summed E-state index contributed by atoms with van der Waals surface area (Å²) < 4.78 is 13.7. The molecule has 1 fully saturated rings. The number of fused-ring (bicyclic) bond motifs is 1. The predicted molar refractivity (Wildman–Crippen MR) is 80.3 cm³/mol. The summed E-state index contributed by atoms with van der Waals surface area (Å²) in [6, 6.07) is 6.51. The molecule has 2 unspecified atom stereocenters. The fourth-order valence-electron chi connectivity index (χ4n) is 3.63. The summed E-state index contributed by atoms with van der Waals surface area (Å²) >= 11 is 0. The first-order chi connectivity index (χ1) is 9.65. The highest BCUT2D eigenvalue weighted by Gasteiger charge is 2.28. The second-order valence-corrected chi connectivity index (χ2v) is 6.55. The van der Waals surface area contributed by atoms with E-state index in [9.17, 15) is 4.39 Å². The van der Waals surface area contributed by atoms with Gasteiger partial charge in [0.25, 0.3) is 0 Å². The molecule has 1 N–H and O–H groups in total. The molecular formula is C17H25FN2. The minimum atomic E-state index is -0.0290. The molecule has 1 aliphatic heterocycles. The van der Waals surface area contributed by atoms with Gasteiger partial charge in [-0.25, -0.2) is 4.39 Å². The zero-order valence-electron chi connectivity index (χ0n) is 12.5. The number of halogens is 1. The lowest BCUT2D eigenvalue weighted by atomic mass is 10.1. The van der Waals surface area contributed by atoms with Crippen molar-refractivity contribution >= 4 is 0 Å². The Kier molecular flexibility index (Phi) is 4.08. The molecule has 2 nitrogen and oxygen atoms in total. The van der Waals surface area contributed by atoms with Crippen LogP contribution in [0.5, 0.6) is 0 Å². The number of hydrogen-bond donors (Lipinski definition) is 1. The number of rotatable bonds is 4. The molecule has 0 aromatic heterocycles. The van der Waals surface area contributed by atoms with E-state index in [0.717, 1.165) is 30.9 Å². The van der Waals surface area contributed by atoms with Crippen molar-refractivity contribution in [3.63, 3.8) is 0 Å². The Morgan fingerprint density at radius 2 is 2.20 bits per heavy atom. The van der Waals surface area contributed by atoms with Crippen molar-refractivity contribution in [1.29, 1.82) is 0 Å². The van der Waals surface area contributed by atoms with Gasteiger partial charge in [0.2, 0.25) is 0 Å². The molecule has 0 spiro atoms. The third-order valence-corrected chi connectivity index (χ3v) is 4.91. The van der Waals surface area contributed by atoms with Crippen molar-refractivity contribution in [3.8, 4) is 0 Å². The zero-order chi connectivity index (χ0) is 14.1. The SMILES string of the molecule is CC(C)N1CCC(CNC2CCc3c(F)cccc32)C1. The van der Waals surface area contributed by atoms with Crippen molar-refractivity contribution in [1.82, 2.24) is 10.2 Å². The normalized spacial score (nSPS) is 26.4. The summed E-state index contributed by atoms with van der Waals surface area (Å²) in [4.78, 5) is 2.55. The van der Waals surface area contributed by atoms with Crippen LogP contribution in [0.1, 0.15) is 43.9 Å². The maximum Gasteiger partial charge on any atom is 0.126 e. The fraction of sp³-hybridized carbons (Fsp3) is 0.647. The van der Waals surface area contributed by atoms with Gasteiger partial charge in [-0.2, -0.15) is 0 Å². The summed E-state index contributed by atoms with van der Waals surface area (Å²) in [5, 5.41) is 3.67. The van der Waals surface area contributed by atoms with Gasteiger partial charge in [-0.05, 0) is 69.3 Å². The highest BCUT2D eigenvalue weighted by Crippen LogP contribution is 2.33. The van der Waals surface area contributed by atoms with Crippen LogP contribution >= 0.6 is 0 Å². The first kappa shape index (κ1) is 14.0. The minimum absolute atomic E-state index is 0.0290. The first-order valence-corrected chi connectivity index (χ1v) is 7.90. The van der Waals surface area contributed by atoms with E-state index in [4.69, 9.17) is 0 Å². The monoisotopic (exact) mass is 276 g/mol. The van der Waals surface area contributed by atoms with Crippen molar-refractivity contribution in [2.24, 2.45) is 5.92 Å². The maximum absolute atomic E-state index is 13.7. The fourth-order valence-corrected chi connectivity index (χ4v) is 3.63. The van der Waals surface area contributed by atoms with Gasteiger partial charge in [0.15, 0.2) is 0 Å². The maximum atomic E-state index is 13.7. The highest BCUT2D eigenvalue weighted by atomic mass is 19.1. The molecule has 0 bridgehead atoms.